The van der Waals surface area contributed by atoms with E-state index < -0.39 is 0 Å². The molecule has 0 radical (unpaired) electrons. The maximum atomic E-state index is 5.84. The van der Waals surface area contributed by atoms with Crippen LogP contribution in [0.15, 0.2) is 29.2 Å². The van der Waals surface area contributed by atoms with Gasteiger partial charge in [0.15, 0.2) is 0 Å². The minimum atomic E-state index is 0.284. The van der Waals surface area contributed by atoms with Crippen molar-refractivity contribution in [1.29, 1.82) is 0 Å². The molecule has 0 heterocycles. The second kappa shape index (κ2) is 5.94. The van der Waals surface area contributed by atoms with Gasteiger partial charge in [-0.3, -0.25) is 0 Å². The van der Waals surface area contributed by atoms with Gasteiger partial charge in [0.05, 0.1) is 7.11 Å². The Labute approximate surface area is 89.8 Å². The van der Waals surface area contributed by atoms with E-state index in [1.807, 2.05) is 18.2 Å². The van der Waals surface area contributed by atoms with Gasteiger partial charge in [0.25, 0.3) is 0 Å². The first-order chi connectivity index (χ1) is 6.76. The first kappa shape index (κ1) is 11.4. The Morgan fingerprint density at radius 3 is 2.93 bits per heavy atom. The fraction of sp³-hybridized carbons (Fsp3) is 0.455. The lowest BCUT2D eigenvalue weighted by Crippen LogP contribution is -2.21. The lowest BCUT2D eigenvalue weighted by Gasteiger charge is -2.08. The molecule has 0 bridgehead atoms. The van der Waals surface area contributed by atoms with E-state index >= 15 is 0 Å². The predicted molar refractivity (Wildman–Crippen MR) is 62.0 cm³/mol. The van der Waals surface area contributed by atoms with Crippen molar-refractivity contribution < 1.29 is 4.74 Å². The molecule has 1 aromatic carbocycles. The molecule has 0 spiro atoms. The maximum Gasteiger partial charge on any atom is 0.119 e. The summed E-state index contributed by atoms with van der Waals surface area (Å²) >= 11 is 1.78. The number of ether oxygens (including phenoxy) is 1. The van der Waals surface area contributed by atoms with E-state index in [4.69, 9.17) is 10.5 Å². The number of hydrogen-bond donors (Lipinski definition) is 1. The van der Waals surface area contributed by atoms with Crippen LogP contribution in [0.1, 0.15) is 13.3 Å². The summed E-state index contributed by atoms with van der Waals surface area (Å²) in [6.45, 7) is 2.11. The summed E-state index contributed by atoms with van der Waals surface area (Å²) in [6.07, 6.45) is 1.02. The number of benzene rings is 1. The molecule has 14 heavy (non-hydrogen) atoms. The van der Waals surface area contributed by atoms with Crippen molar-refractivity contribution in [3.05, 3.63) is 24.3 Å². The zero-order chi connectivity index (χ0) is 10.4. The fourth-order valence-electron chi connectivity index (χ4n) is 1.01. The van der Waals surface area contributed by atoms with Gasteiger partial charge in [-0.15, -0.1) is 11.8 Å². The van der Waals surface area contributed by atoms with E-state index in [1.54, 1.807) is 18.9 Å². The molecule has 1 unspecified atom stereocenters. The molecule has 0 aliphatic carbocycles. The van der Waals surface area contributed by atoms with Crippen LogP contribution in [0.4, 0.5) is 0 Å². The molecule has 0 saturated heterocycles. The van der Waals surface area contributed by atoms with Crippen LogP contribution in [-0.4, -0.2) is 18.9 Å². The van der Waals surface area contributed by atoms with Crippen LogP contribution in [0.5, 0.6) is 5.75 Å². The Morgan fingerprint density at radius 2 is 2.29 bits per heavy atom. The van der Waals surface area contributed by atoms with Crippen LogP contribution >= 0.6 is 11.8 Å². The Kier molecular flexibility index (Phi) is 4.84. The van der Waals surface area contributed by atoms with Crippen molar-refractivity contribution in [3.63, 3.8) is 0 Å². The third kappa shape index (κ3) is 3.60. The fourth-order valence-corrected chi connectivity index (χ4v) is 2.03. The zero-order valence-corrected chi connectivity index (χ0v) is 9.51. The van der Waals surface area contributed by atoms with Gasteiger partial charge in [0.2, 0.25) is 0 Å². The first-order valence-corrected chi connectivity index (χ1v) is 5.77. The SMILES string of the molecule is CCC(N)CSc1cccc(OC)c1. The molecule has 1 rings (SSSR count). The van der Waals surface area contributed by atoms with Gasteiger partial charge in [-0.1, -0.05) is 13.0 Å². The van der Waals surface area contributed by atoms with Gasteiger partial charge in [-0.05, 0) is 24.6 Å². The topological polar surface area (TPSA) is 35.2 Å². The molecule has 2 nitrogen and oxygen atoms in total. The van der Waals surface area contributed by atoms with E-state index in [9.17, 15) is 0 Å². The van der Waals surface area contributed by atoms with E-state index in [2.05, 4.69) is 13.0 Å². The van der Waals surface area contributed by atoms with Gasteiger partial charge in [0.1, 0.15) is 5.75 Å². The highest BCUT2D eigenvalue weighted by molar-refractivity contribution is 7.99. The van der Waals surface area contributed by atoms with E-state index in [0.717, 1.165) is 17.9 Å². The molecule has 0 aliphatic rings. The van der Waals surface area contributed by atoms with Crippen molar-refractivity contribution in [1.82, 2.24) is 0 Å². The largest absolute Gasteiger partial charge is 0.497 e. The van der Waals surface area contributed by atoms with Crippen LogP contribution < -0.4 is 10.5 Å². The van der Waals surface area contributed by atoms with Crippen molar-refractivity contribution in [3.8, 4) is 5.75 Å². The van der Waals surface area contributed by atoms with Crippen molar-refractivity contribution >= 4 is 11.8 Å². The van der Waals surface area contributed by atoms with Crippen molar-refractivity contribution in [2.24, 2.45) is 5.73 Å². The molecular weight excluding hydrogens is 194 g/mol. The molecule has 3 heteroatoms. The van der Waals surface area contributed by atoms with Gasteiger partial charge < -0.3 is 10.5 Å². The molecule has 0 amide bonds. The monoisotopic (exact) mass is 211 g/mol. The van der Waals surface area contributed by atoms with E-state index in [0.29, 0.717) is 0 Å². The summed E-state index contributed by atoms with van der Waals surface area (Å²) in [7, 11) is 1.68. The van der Waals surface area contributed by atoms with Crippen LogP contribution in [0.2, 0.25) is 0 Å². The normalized spacial score (nSPS) is 12.5. The quantitative estimate of drug-likeness (QED) is 0.760. The number of rotatable bonds is 5. The van der Waals surface area contributed by atoms with Crippen LogP contribution in [0.3, 0.4) is 0 Å². The summed E-state index contributed by atoms with van der Waals surface area (Å²) in [6, 6.07) is 8.34. The summed E-state index contributed by atoms with van der Waals surface area (Å²) in [5.41, 5.74) is 5.84. The van der Waals surface area contributed by atoms with E-state index in [-0.39, 0.29) is 6.04 Å². The lowest BCUT2D eigenvalue weighted by molar-refractivity contribution is 0.413. The highest BCUT2D eigenvalue weighted by Crippen LogP contribution is 2.23. The molecule has 0 saturated carbocycles. The lowest BCUT2D eigenvalue weighted by atomic mass is 10.3. The number of hydrogen-bond acceptors (Lipinski definition) is 3. The predicted octanol–water partition coefficient (Wildman–Crippen LogP) is 2.52. The maximum absolute atomic E-state index is 5.84. The standard InChI is InChI=1S/C11H17NOS/c1-3-9(12)8-14-11-6-4-5-10(7-11)13-2/h4-7,9H,3,8,12H2,1-2H3. The van der Waals surface area contributed by atoms with E-state index in [1.165, 1.54) is 4.90 Å². The summed E-state index contributed by atoms with van der Waals surface area (Å²) in [5, 5.41) is 0. The second-order valence-electron chi connectivity index (χ2n) is 3.16. The molecular formula is C11H17NOS. The van der Waals surface area contributed by atoms with Crippen molar-refractivity contribution in [2.75, 3.05) is 12.9 Å². The third-order valence-corrected chi connectivity index (χ3v) is 3.21. The Bertz CT molecular complexity index is 278. The average molecular weight is 211 g/mol. The van der Waals surface area contributed by atoms with Gasteiger partial charge >= 0.3 is 0 Å². The molecule has 0 aliphatic heterocycles. The van der Waals surface area contributed by atoms with Gasteiger partial charge in [-0.25, -0.2) is 0 Å². The molecule has 0 fully saturated rings. The number of nitrogens with two attached hydrogens (primary N) is 1. The van der Waals surface area contributed by atoms with Crippen LogP contribution in [0, 0.1) is 0 Å². The molecule has 2 N–H and O–H groups in total. The zero-order valence-electron chi connectivity index (χ0n) is 8.69. The van der Waals surface area contributed by atoms with Crippen molar-refractivity contribution in [2.45, 2.75) is 24.3 Å². The summed E-state index contributed by atoms with van der Waals surface area (Å²) < 4.78 is 5.14. The average Bonchev–Trinajstić information content (AvgIpc) is 2.26. The Balaban J connectivity index is 2.50. The van der Waals surface area contributed by atoms with Crippen LogP contribution in [0.25, 0.3) is 0 Å². The Morgan fingerprint density at radius 1 is 1.50 bits per heavy atom. The second-order valence-corrected chi connectivity index (χ2v) is 4.25. The molecule has 0 aromatic heterocycles. The third-order valence-electron chi connectivity index (χ3n) is 2.03. The molecule has 1 aromatic rings. The minimum Gasteiger partial charge on any atom is -0.497 e. The van der Waals surface area contributed by atoms with Gasteiger partial charge in [-0.2, -0.15) is 0 Å². The molecule has 78 valence electrons. The highest BCUT2D eigenvalue weighted by Gasteiger charge is 2.01. The summed E-state index contributed by atoms with van der Waals surface area (Å²) in [5.74, 6) is 1.86. The molecule has 1 atom stereocenters. The number of thioether (sulfide) groups is 1. The summed E-state index contributed by atoms with van der Waals surface area (Å²) in [4.78, 5) is 1.22. The first-order valence-electron chi connectivity index (χ1n) is 4.78. The van der Waals surface area contributed by atoms with Gasteiger partial charge in [0, 0.05) is 16.7 Å². The smallest absolute Gasteiger partial charge is 0.119 e. The highest BCUT2D eigenvalue weighted by atomic mass is 32.2. The Hall–Kier alpha value is -0.670. The minimum absolute atomic E-state index is 0.284. The number of methoxy groups -OCH3 is 1. The van der Waals surface area contributed by atoms with Crippen LogP contribution in [-0.2, 0) is 0 Å².